The van der Waals surface area contributed by atoms with E-state index in [1.165, 1.54) is 12.1 Å². The van der Waals surface area contributed by atoms with Gasteiger partial charge in [-0.05, 0) is 23.3 Å². The molecule has 0 aromatic heterocycles. The molecule has 2 aromatic carbocycles. The molecule has 0 amide bonds. The van der Waals surface area contributed by atoms with Crippen molar-refractivity contribution in [3.8, 4) is 11.1 Å². The Morgan fingerprint density at radius 3 is 2.17 bits per heavy atom. The number of sulfonamides is 1. The molecule has 94 valence electrons. The standard InChI is InChI=1S/C13H13NO3S/c1-14(15)18(16,17)13-9-5-8-12(10-13)11-6-3-2-4-7-11/h2-10,15H,1H3. The Labute approximate surface area is 106 Å². The van der Waals surface area contributed by atoms with Gasteiger partial charge in [-0.3, -0.25) is 5.21 Å². The zero-order valence-corrected chi connectivity index (χ0v) is 10.6. The van der Waals surface area contributed by atoms with Gasteiger partial charge in [0.05, 0.1) is 4.90 Å². The predicted octanol–water partition coefficient (Wildman–Crippen LogP) is 2.36. The van der Waals surface area contributed by atoms with Crippen molar-refractivity contribution in [3.63, 3.8) is 0 Å². The molecular weight excluding hydrogens is 250 g/mol. The summed E-state index contributed by atoms with van der Waals surface area (Å²) in [5, 5.41) is 9.14. The van der Waals surface area contributed by atoms with Crippen molar-refractivity contribution in [1.82, 2.24) is 4.47 Å². The predicted molar refractivity (Wildman–Crippen MR) is 68.6 cm³/mol. The molecular formula is C13H13NO3S. The molecule has 0 saturated heterocycles. The summed E-state index contributed by atoms with van der Waals surface area (Å²) in [7, 11) is -2.73. The molecule has 2 aromatic rings. The highest BCUT2D eigenvalue weighted by molar-refractivity contribution is 7.89. The highest BCUT2D eigenvalue weighted by Gasteiger charge is 2.19. The van der Waals surface area contributed by atoms with E-state index in [0.717, 1.165) is 18.2 Å². The van der Waals surface area contributed by atoms with Crippen molar-refractivity contribution in [2.45, 2.75) is 4.90 Å². The third kappa shape index (κ3) is 2.43. The number of rotatable bonds is 3. The fraction of sp³-hybridized carbons (Fsp3) is 0.0769. The molecule has 0 saturated carbocycles. The third-order valence-electron chi connectivity index (χ3n) is 2.59. The smallest absolute Gasteiger partial charge is 0.264 e. The Morgan fingerprint density at radius 2 is 1.56 bits per heavy atom. The molecule has 0 fully saturated rings. The first-order chi connectivity index (χ1) is 8.51. The Hall–Kier alpha value is -1.69. The summed E-state index contributed by atoms with van der Waals surface area (Å²) in [5.74, 6) is 0. The minimum Gasteiger partial charge on any atom is -0.299 e. The minimum absolute atomic E-state index is 0.0638. The normalized spacial score (nSPS) is 11.7. The lowest BCUT2D eigenvalue weighted by Gasteiger charge is -2.10. The van der Waals surface area contributed by atoms with E-state index in [-0.39, 0.29) is 9.36 Å². The average Bonchev–Trinajstić information content (AvgIpc) is 2.40. The summed E-state index contributed by atoms with van der Waals surface area (Å²) in [5.41, 5.74) is 1.72. The van der Waals surface area contributed by atoms with Crippen molar-refractivity contribution < 1.29 is 13.6 Å². The first-order valence-corrected chi connectivity index (χ1v) is 6.79. The Morgan fingerprint density at radius 1 is 0.944 bits per heavy atom. The van der Waals surface area contributed by atoms with Crippen LogP contribution in [-0.2, 0) is 10.0 Å². The van der Waals surface area contributed by atoms with E-state index in [2.05, 4.69) is 0 Å². The largest absolute Gasteiger partial charge is 0.299 e. The molecule has 0 bridgehead atoms. The number of nitrogens with zero attached hydrogens (tertiary/aromatic N) is 1. The SMILES string of the molecule is CN(O)S(=O)(=O)c1cccc(-c2ccccc2)c1. The summed E-state index contributed by atoms with van der Waals surface area (Å²) in [6.07, 6.45) is 0. The molecule has 0 heterocycles. The molecule has 2 rings (SSSR count). The maximum absolute atomic E-state index is 11.8. The molecule has 18 heavy (non-hydrogen) atoms. The average molecular weight is 263 g/mol. The number of hydrogen-bond acceptors (Lipinski definition) is 3. The molecule has 0 aliphatic carbocycles. The highest BCUT2D eigenvalue weighted by Crippen LogP contribution is 2.23. The van der Waals surface area contributed by atoms with E-state index in [9.17, 15) is 8.42 Å². The number of hydroxylamine groups is 1. The van der Waals surface area contributed by atoms with Gasteiger partial charge < -0.3 is 0 Å². The van der Waals surface area contributed by atoms with Crippen LogP contribution in [0.5, 0.6) is 0 Å². The van der Waals surface area contributed by atoms with Gasteiger partial charge in [-0.15, -0.1) is 0 Å². The van der Waals surface area contributed by atoms with E-state index in [1.54, 1.807) is 6.07 Å². The van der Waals surface area contributed by atoms with Crippen LogP contribution in [0.3, 0.4) is 0 Å². The van der Waals surface area contributed by atoms with Crippen LogP contribution in [0.25, 0.3) is 11.1 Å². The Bertz CT molecular complexity index is 636. The van der Waals surface area contributed by atoms with Gasteiger partial charge in [0.2, 0.25) is 0 Å². The Kier molecular flexibility index (Phi) is 3.47. The molecule has 0 atom stereocenters. The second-order valence-electron chi connectivity index (χ2n) is 3.83. The van der Waals surface area contributed by atoms with Crippen molar-refractivity contribution in [2.24, 2.45) is 0 Å². The minimum atomic E-state index is -3.82. The van der Waals surface area contributed by atoms with Crippen molar-refractivity contribution in [3.05, 3.63) is 54.6 Å². The monoisotopic (exact) mass is 263 g/mol. The van der Waals surface area contributed by atoms with Gasteiger partial charge >= 0.3 is 0 Å². The molecule has 0 aliphatic rings. The van der Waals surface area contributed by atoms with Crippen LogP contribution < -0.4 is 0 Å². The zero-order chi connectivity index (χ0) is 13.2. The summed E-state index contributed by atoms with van der Waals surface area (Å²) < 4.78 is 23.8. The van der Waals surface area contributed by atoms with E-state index in [1.807, 2.05) is 36.4 Å². The second-order valence-corrected chi connectivity index (χ2v) is 5.78. The van der Waals surface area contributed by atoms with Gasteiger partial charge in [-0.2, -0.15) is 0 Å². The third-order valence-corrected chi connectivity index (χ3v) is 4.13. The van der Waals surface area contributed by atoms with E-state index in [0.29, 0.717) is 0 Å². The molecule has 1 N–H and O–H groups in total. The number of benzene rings is 2. The topological polar surface area (TPSA) is 57.6 Å². The molecule has 5 heteroatoms. The lowest BCUT2D eigenvalue weighted by molar-refractivity contribution is 0.0310. The number of hydrogen-bond donors (Lipinski definition) is 1. The van der Waals surface area contributed by atoms with Gasteiger partial charge in [0, 0.05) is 7.05 Å². The molecule has 0 unspecified atom stereocenters. The Balaban J connectivity index is 2.50. The zero-order valence-electron chi connectivity index (χ0n) is 9.82. The van der Waals surface area contributed by atoms with Crippen LogP contribution in [0, 0.1) is 0 Å². The van der Waals surface area contributed by atoms with Crippen LogP contribution in [0.2, 0.25) is 0 Å². The highest BCUT2D eigenvalue weighted by atomic mass is 32.2. The van der Waals surface area contributed by atoms with Gasteiger partial charge in [-0.1, -0.05) is 46.9 Å². The maximum atomic E-state index is 11.8. The fourth-order valence-corrected chi connectivity index (χ4v) is 2.45. The van der Waals surface area contributed by atoms with E-state index < -0.39 is 10.0 Å². The summed E-state index contributed by atoms with van der Waals surface area (Å²) in [4.78, 5) is 0.0638. The van der Waals surface area contributed by atoms with Crippen LogP contribution in [0.15, 0.2) is 59.5 Å². The van der Waals surface area contributed by atoms with Crippen molar-refractivity contribution >= 4 is 10.0 Å². The molecule has 4 nitrogen and oxygen atoms in total. The summed E-state index contributed by atoms with van der Waals surface area (Å²) in [6, 6.07) is 15.9. The van der Waals surface area contributed by atoms with Gasteiger partial charge in [0.15, 0.2) is 0 Å². The quantitative estimate of drug-likeness (QED) is 0.865. The van der Waals surface area contributed by atoms with Crippen molar-refractivity contribution in [2.75, 3.05) is 7.05 Å². The molecule has 0 aliphatic heterocycles. The maximum Gasteiger partial charge on any atom is 0.264 e. The lowest BCUT2D eigenvalue weighted by atomic mass is 10.1. The van der Waals surface area contributed by atoms with E-state index >= 15 is 0 Å². The van der Waals surface area contributed by atoms with Gasteiger partial charge in [0.1, 0.15) is 0 Å². The summed E-state index contributed by atoms with van der Waals surface area (Å²) in [6.45, 7) is 0. The molecule has 0 spiro atoms. The van der Waals surface area contributed by atoms with Gasteiger partial charge in [-0.25, -0.2) is 8.42 Å². The van der Waals surface area contributed by atoms with E-state index in [4.69, 9.17) is 5.21 Å². The van der Waals surface area contributed by atoms with Crippen LogP contribution in [0.1, 0.15) is 0 Å². The van der Waals surface area contributed by atoms with Crippen molar-refractivity contribution in [1.29, 1.82) is 0 Å². The van der Waals surface area contributed by atoms with Crippen LogP contribution >= 0.6 is 0 Å². The lowest BCUT2D eigenvalue weighted by Crippen LogP contribution is -2.22. The summed E-state index contributed by atoms with van der Waals surface area (Å²) >= 11 is 0. The fourth-order valence-electron chi connectivity index (χ4n) is 1.62. The van der Waals surface area contributed by atoms with Gasteiger partial charge in [0.25, 0.3) is 10.0 Å². The first-order valence-electron chi connectivity index (χ1n) is 5.35. The van der Waals surface area contributed by atoms with Crippen LogP contribution in [-0.4, -0.2) is 25.1 Å². The first kappa shape index (κ1) is 12.8. The second kappa shape index (κ2) is 4.89. The van der Waals surface area contributed by atoms with Crippen LogP contribution in [0.4, 0.5) is 0 Å². The molecule has 0 radical (unpaired) electrons.